The number of rotatable bonds is 4. The van der Waals surface area contributed by atoms with Gasteiger partial charge in [-0.1, -0.05) is 0 Å². The zero-order chi connectivity index (χ0) is 11.5. The third-order valence-electron chi connectivity index (χ3n) is 1.85. The number of nitrogens with one attached hydrogen (secondary N) is 1. The minimum atomic E-state index is 0.160. The van der Waals surface area contributed by atoms with Gasteiger partial charge in [0.2, 0.25) is 0 Å². The third kappa shape index (κ3) is 5.25. The minimum absolute atomic E-state index is 0.160. The molecule has 15 heavy (non-hydrogen) atoms. The molecule has 0 spiro atoms. The average molecular weight is 227 g/mol. The summed E-state index contributed by atoms with van der Waals surface area (Å²) in [5, 5.41) is 6.75. The second-order valence-corrected chi connectivity index (χ2v) is 6.02. The summed E-state index contributed by atoms with van der Waals surface area (Å²) in [5.41, 5.74) is 1.32. The van der Waals surface area contributed by atoms with Crippen LogP contribution in [0.15, 0.2) is 5.38 Å². The van der Waals surface area contributed by atoms with E-state index in [-0.39, 0.29) is 5.54 Å². The molecule has 1 N–H and O–H groups in total. The molecule has 0 radical (unpaired) electrons. The molecular weight excluding hydrogens is 206 g/mol. The predicted octanol–water partition coefficient (Wildman–Crippen LogP) is 2.09. The molecule has 0 aliphatic heterocycles. The summed E-state index contributed by atoms with van der Waals surface area (Å²) >= 11 is 1.73. The Morgan fingerprint density at radius 1 is 1.40 bits per heavy atom. The monoisotopic (exact) mass is 227 g/mol. The highest BCUT2D eigenvalue weighted by molar-refractivity contribution is 7.09. The van der Waals surface area contributed by atoms with E-state index in [1.54, 1.807) is 11.3 Å². The first kappa shape index (κ1) is 12.6. The number of nitrogens with zero attached hydrogens (tertiary/aromatic N) is 2. The van der Waals surface area contributed by atoms with Gasteiger partial charge in [0.05, 0.1) is 5.69 Å². The maximum absolute atomic E-state index is 4.57. The molecule has 1 aromatic heterocycles. The van der Waals surface area contributed by atoms with E-state index in [0.717, 1.165) is 18.8 Å². The van der Waals surface area contributed by atoms with Gasteiger partial charge in [0, 0.05) is 24.0 Å². The highest BCUT2D eigenvalue weighted by Crippen LogP contribution is 2.12. The van der Waals surface area contributed by atoms with Crippen LogP contribution in [0.3, 0.4) is 0 Å². The number of aromatic nitrogens is 1. The molecule has 0 fully saturated rings. The van der Waals surface area contributed by atoms with Crippen LogP contribution in [-0.2, 0) is 13.1 Å². The lowest BCUT2D eigenvalue weighted by Crippen LogP contribution is -2.35. The molecule has 1 rings (SSSR count). The van der Waals surface area contributed by atoms with Gasteiger partial charge < -0.3 is 10.2 Å². The SMILES string of the molecule is CN(C)Cc1csc(CNC(C)(C)C)n1. The molecule has 0 saturated heterocycles. The van der Waals surface area contributed by atoms with Crippen molar-refractivity contribution in [1.82, 2.24) is 15.2 Å². The Morgan fingerprint density at radius 2 is 2.07 bits per heavy atom. The maximum Gasteiger partial charge on any atom is 0.107 e. The van der Waals surface area contributed by atoms with Crippen molar-refractivity contribution in [3.8, 4) is 0 Å². The first-order valence-corrected chi connectivity index (χ1v) is 6.08. The fourth-order valence-corrected chi connectivity index (χ4v) is 1.89. The van der Waals surface area contributed by atoms with Crippen molar-refractivity contribution in [3.05, 3.63) is 16.1 Å². The fourth-order valence-electron chi connectivity index (χ4n) is 1.17. The summed E-state index contributed by atoms with van der Waals surface area (Å²) in [7, 11) is 4.12. The molecular formula is C11H21N3S. The topological polar surface area (TPSA) is 28.2 Å². The van der Waals surface area contributed by atoms with Gasteiger partial charge in [-0.15, -0.1) is 11.3 Å². The number of hydrogen-bond acceptors (Lipinski definition) is 4. The van der Waals surface area contributed by atoms with Crippen LogP contribution in [0.2, 0.25) is 0 Å². The summed E-state index contributed by atoms with van der Waals surface area (Å²) < 4.78 is 0. The minimum Gasteiger partial charge on any atom is -0.306 e. The second kappa shape index (κ2) is 5.05. The van der Waals surface area contributed by atoms with Crippen LogP contribution in [-0.4, -0.2) is 29.5 Å². The van der Waals surface area contributed by atoms with Crippen molar-refractivity contribution < 1.29 is 0 Å². The van der Waals surface area contributed by atoms with Crippen molar-refractivity contribution in [2.24, 2.45) is 0 Å². The Bertz CT molecular complexity index is 299. The van der Waals surface area contributed by atoms with Gasteiger partial charge in [-0.25, -0.2) is 4.98 Å². The van der Waals surface area contributed by atoms with Crippen LogP contribution < -0.4 is 5.32 Å². The van der Waals surface area contributed by atoms with E-state index >= 15 is 0 Å². The number of hydrogen-bond donors (Lipinski definition) is 1. The molecule has 1 heterocycles. The highest BCUT2D eigenvalue weighted by atomic mass is 32.1. The molecule has 0 atom stereocenters. The van der Waals surface area contributed by atoms with Crippen molar-refractivity contribution in [3.63, 3.8) is 0 Å². The van der Waals surface area contributed by atoms with Crippen molar-refractivity contribution in [1.29, 1.82) is 0 Å². The van der Waals surface area contributed by atoms with Crippen molar-refractivity contribution >= 4 is 11.3 Å². The molecule has 0 aliphatic rings. The molecule has 0 aromatic carbocycles. The van der Waals surface area contributed by atoms with Gasteiger partial charge in [-0.2, -0.15) is 0 Å². The summed E-state index contributed by atoms with van der Waals surface area (Å²) in [6.45, 7) is 8.29. The zero-order valence-electron chi connectivity index (χ0n) is 10.3. The summed E-state index contributed by atoms with van der Waals surface area (Å²) in [5.74, 6) is 0. The second-order valence-electron chi connectivity index (χ2n) is 5.07. The van der Waals surface area contributed by atoms with Gasteiger partial charge >= 0.3 is 0 Å². The van der Waals surface area contributed by atoms with Gasteiger partial charge in [-0.3, -0.25) is 0 Å². The fraction of sp³-hybridized carbons (Fsp3) is 0.727. The van der Waals surface area contributed by atoms with E-state index in [9.17, 15) is 0 Å². The molecule has 0 bridgehead atoms. The van der Waals surface area contributed by atoms with E-state index in [2.05, 4.69) is 55.4 Å². The van der Waals surface area contributed by atoms with Crippen LogP contribution in [0.1, 0.15) is 31.5 Å². The molecule has 1 aromatic rings. The van der Waals surface area contributed by atoms with Crippen LogP contribution >= 0.6 is 11.3 Å². The van der Waals surface area contributed by atoms with Crippen molar-refractivity contribution in [2.75, 3.05) is 14.1 Å². The summed E-state index contributed by atoms with van der Waals surface area (Å²) in [6, 6.07) is 0. The predicted molar refractivity (Wildman–Crippen MR) is 66.1 cm³/mol. The zero-order valence-corrected chi connectivity index (χ0v) is 11.1. The first-order chi connectivity index (χ1) is 6.87. The highest BCUT2D eigenvalue weighted by Gasteiger charge is 2.10. The molecule has 86 valence electrons. The maximum atomic E-state index is 4.57. The van der Waals surface area contributed by atoms with Crippen LogP contribution in [0, 0.1) is 0 Å². The Kier molecular flexibility index (Phi) is 4.25. The van der Waals surface area contributed by atoms with Crippen LogP contribution in [0.25, 0.3) is 0 Å². The molecule has 3 nitrogen and oxygen atoms in total. The largest absolute Gasteiger partial charge is 0.306 e. The van der Waals surface area contributed by atoms with E-state index in [0.29, 0.717) is 0 Å². The Labute approximate surface area is 96.5 Å². The molecule has 0 amide bonds. The lowest BCUT2D eigenvalue weighted by molar-refractivity contribution is 0.396. The smallest absolute Gasteiger partial charge is 0.107 e. The molecule has 4 heteroatoms. The van der Waals surface area contributed by atoms with E-state index in [1.165, 1.54) is 5.01 Å². The Morgan fingerprint density at radius 3 is 2.60 bits per heavy atom. The van der Waals surface area contributed by atoms with E-state index in [1.807, 2.05) is 0 Å². The third-order valence-corrected chi connectivity index (χ3v) is 2.75. The van der Waals surface area contributed by atoms with Gasteiger partial charge in [-0.05, 0) is 34.9 Å². The molecule has 0 saturated carbocycles. The average Bonchev–Trinajstić information content (AvgIpc) is 2.46. The van der Waals surface area contributed by atoms with Gasteiger partial charge in [0.15, 0.2) is 0 Å². The van der Waals surface area contributed by atoms with Crippen LogP contribution in [0.5, 0.6) is 0 Å². The molecule has 0 unspecified atom stereocenters. The standard InChI is InChI=1S/C11H21N3S/c1-11(2,3)12-6-10-13-9(8-15-10)7-14(4)5/h8,12H,6-7H2,1-5H3. The summed E-state index contributed by atoms with van der Waals surface area (Å²) in [4.78, 5) is 6.70. The first-order valence-electron chi connectivity index (χ1n) is 5.20. The lowest BCUT2D eigenvalue weighted by atomic mass is 10.1. The normalized spacial score (nSPS) is 12.4. The number of thiazole rings is 1. The van der Waals surface area contributed by atoms with Gasteiger partial charge in [0.1, 0.15) is 5.01 Å². The van der Waals surface area contributed by atoms with Crippen molar-refractivity contribution in [2.45, 2.75) is 39.4 Å². The van der Waals surface area contributed by atoms with Gasteiger partial charge in [0.25, 0.3) is 0 Å². The molecule has 0 aliphatic carbocycles. The Balaban J connectivity index is 2.46. The Hall–Kier alpha value is -0.450. The van der Waals surface area contributed by atoms with E-state index in [4.69, 9.17) is 0 Å². The van der Waals surface area contributed by atoms with Crippen LogP contribution in [0.4, 0.5) is 0 Å². The quantitative estimate of drug-likeness (QED) is 0.854. The lowest BCUT2D eigenvalue weighted by Gasteiger charge is -2.19. The summed E-state index contributed by atoms with van der Waals surface area (Å²) in [6.07, 6.45) is 0. The van der Waals surface area contributed by atoms with E-state index < -0.39 is 0 Å².